The van der Waals surface area contributed by atoms with Crippen molar-refractivity contribution in [1.82, 2.24) is 20.6 Å². The minimum atomic E-state index is -0.232. The Morgan fingerprint density at radius 1 is 0.903 bits per heavy atom. The summed E-state index contributed by atoms with van der Waals surface area (Å²) in [5, 5.41) is 5.69. The fourth-order valence-electron chi connectivity index (χ4n) is 2.86. The second-order valence-corrected chi connectivity index (χ2v) is 7.55. The van der Waals surface area contributed by atoms with Gasteiger partial charge >= 0.3 is 6.03 Å². The lowest BCUT2D eigenvalue weighted by atomic mass is 10.2. The Bertz CT molecular complexity index is 958. The SMILES string of the molecule is O=C(NCc1ccc(OCc2ccccn2)cc1)NCc1ccc(OCC2CC2)nc1. The molecular formula is C24H26N4O3. The van der Waals surface area contributed by atoms with Crippen molar-refractivity contribution in [3.63, 3.8) is 0 Å². The molecule has 1 fully saturated rings. The van der Waals surface area contributed by atoms with Gasteiger partial charge in [-0.2, -0.15) is 0 Å². The van der Waals surface area contributed by atoms with E-state index in [0.29, 0.717) is 31.5 Å². The van der Waals surface area contributed by atoms with Crippen LogP contribution in [0.25, 0.3) is 0 Å². The molecule has 2 heterocycles. The largest absolute Gasteiger partial charge is 0.487 e. The van der Waals surface area contributed by atoms with Crippen LogP contribution in [0.2, 0.25) is 0 Å². The number of hydrogen-bond acceptors (Lipinski definition) is 5. The molecule has 0 bridgehead atoms. The number of pyridine rings is 2. The maximum atomic E-state index is 12.1. The number of nitrogens with one attached hydrogen (secondary N) is 2. The molecule has 2 amide bonds. The minimum Gasteiger partial charge on any atom is -0.487 e. The van der Waals surface area contributed by atoms with E-state index in [4.69, 9.17) is 9.47 Å². The molecule has 4 rings (SSSR count). The van der Waals surface area contributed by atoms with Crippen molar-refractivity contribution < 1.29 is 14.3 Å². The lowest BCUT2D eigenvalue weighted by Gasteiger charge is -2.10. The lowest BCUT2D eigenvalue weighted by Crippen LogP contribution is -2.34. The molecule has 0 radical (unpaired) electrons. The molecule has 1 saturated carbocycles. The van der Waals surface area contributed by atoms with Crippen LogP contribution in [0.4, 0.5) is 4.79 Å². The van der Waals surface area contributed by atoms with Crippen molar-refractivity contribution >= 4 is 6.03 Å². The highest BCUT2D eigenvalue weighted by Gasteiger charge is 2.22. The fourth-order valence-corrected chi connectivity index (χ4v) is 2.86. The number of aromatic nitrogens is 2. The number of carbonyl (C=O) groups is 1. The molecule has 7 nitrogen and oxygen atoms in total. The van der Waals surface area contributed by atoms with Gasteiger partial charge in [-0.05, 0) is 54.2 Å². The molecule has 0 unspecified atom stereocenters. The van der Waals surface area contributed by atoms with Gasteiger partial charge in [0.25, 0.3) is 0 Å². The lowest BCUT2D eigenvalue weighted by molar-refractivity contribution is 0.240. The van der Waals surface area contributed by atoms with Gasteiger partial charge in [0.15, 0.2) is 0 Å². The Hall–Kier alpha value is -3.61. The first-order valence-electron chi connectivity index (χ1n) is 10.5. The summed E-state index contributed by atoms with van der Waals surface area (Å²) in [5.74, 6) is 2.09. The maximum absolute atomic E-state index is 12.1. The number of rotatable bonds is 10. The third kappa shape index (κ3) is 6.99. The van der Waals surface area contributed by atoms with E-state index in [1.165, 1.54) is 12.8 Å². The highest BCUT2D eigenvalue weighted by molar-refractivity contribution is 5.73. The Labute approximate surface area is 181 Å². The zero-order chi connectivity index (χ0) is 21.3. The van der Waals surface area contributed by atoms with Gasteiger partial charge in [0.05, 0.1) is 12.3 Å². The topological polar surface area (TPSA) is 85.4 Å². The van der Waals surface area contributed by atoms with Gasteiger partial charge in [-0.1, -0.05) is 24.3 Å². The van der Waals surface area contributed by atoms with Crippen LogP contribution in [0.5, 0.6) is 11.6 Å². The van der Waals surface area contributed by atoms with Crippen molar-refractivity contribution in [2.45, 2.75) is 32.5 Å². The summed E-state index contributed by atoms with van der Waals surface area (Å²) in [7, 11) is 0. The number of amides is 2. The summed E-state index contributed by atoms with van der Waals surface area (Å²) in [6.45, 7) is 1.99. The highest BCUT2D eigenvalue weighted by Crippen LogP contribution is 2.29. The monoisotopic (exact) mass is 418 g/mol. The van der Waals surface area contributed by atoms with E-state index in [1.807, 2.05) is 54.6 Å². The first-order valence-corrected chi connectivity index (χ1v) is 10.5. The zero-order valence-electron chi connectivity index (χ0n) is 17.3. The first kappa shape index (κ1) is 20.7. The van der Waals surface area contributed by atoms with Gasteiger partial charge in [0.2, 0.25) is 5.88 Å². The summed E-state index contributed by atoms with van der Waals surface area (Å²) in [4.78, 5) is 20.6. The molecule has 2 N–H and O–H groups in total. The molecule has 0 aliphatic heterocycles. The van der Waals surface area contributed by atoms with E-state index in [9.17, 15) is 4.79 Å². The minimum absolute atomic E-state index is 0.232. The molecule has 3 aromatic rings. The number of carbonyl (C=O) groups excluding carboxylic acids is 1. The molecule has 160 valence electrons. The summed E-state index contributed by atoms with van der Waals surface area (Å²) in [6.07, 6.45) is 5.97. The van der Waals surface area contributed by atoms with Crippen LogP contribution >= 0.6 is 0 Å². The molecule has 2 aromatic heterocycles. The van der Waals surface area contributed by atoms with E-state index < -0.39 is 0 Å². The summed E-state index contributed by atoms with van der Waals surface area (Å²) >= 11 is 0. The normalized spacial score (nSPS) is 12.8. The third-order valence-corrected chi connectivity index (χ3v) is 4.90. The van der Waals surface area contributed by atoms with Gasteiger partial charge in [-0.15, -0.1) is 0 Å². The van der Waals surface area contributed by atoms with Gasteiger partial charge in [0, 0.05) is 31.5 Å². The van der Waals surface area contributed by atoms with Crippen LogP contribution in [-0.2, 0) is 19.7 Å². The highest BCUT2D eigenvalue weighted by atomic mass is 16.5. The number of urea groups is 1. The van der Waals surface area contributed by atoms with E-state index >= 15 is 0 Å². The third-order valence-electron chi connectivity index (χ3n) is 4.90. The number of benzene rings is 1. The van der Waals surface area contributed by atoms with Crippen LogP contribution < -0.4 is 20.1 Å². The maximum Gasteiger partial charge on any atom is 0.315 e. The van der Waals surface area contributed by atoms with Gasteiger partial charge < -0.3 is 20.1 Å². The Morgan fingerprint density at radius 3 is 2.35 bits per heavy atom. The van der Waals surface area contributed by atoms with Crippen LogP contribution in [0.15, 0.2) is 67.0 Å². The van der Waals surface area contributed by atoms with Crippen LogP contribution in [0.3, 0.4) is 0 Å². The predicted octanol–water partition coefficient (Wildman–Crippen LogP) is 3.84. The fraction of sp³-hybridized carbons (Fsp3) is 0.292. The standard InChI is InChI=1S/C24H26N4O3/c29-24(28-15-20-8-11-23(26-14-20)31-16-19-4-5-19)27-13-18-6-9-22(10-7-18)30-17-21-3-1-2-12-25-21/h1-3,6-12,14,19H,4-5,13,15-17H2,(H2,27,28,29). The van der Waals surface area contributed by atoms with Crippen molar-refractivity contribution in [3.05, 3.63) is 83.8 Å². The first-order chi connectivity index (χ1) is 15.2. The van der Waals surface area contributed by atoms with Crippen LogP contribution in [0, 0.1) is 5.92 Å². The van der Waals surface area contributed by atoms with Gasteiger partial charge in [-0.25, -0.2) is 9.78 Å². The van der Waals surface area contributed by atoms with E-state index in [1.54, 1.807) is 12.4 Å². The van der Waals surface area contributed by atoms with Crippen molar-refractivity contribution in [2.24, 2.45) is 5.92 Å². The second kappa shape index (κ2) is 10.4. The predicted molar refractivity (Wildman–Crippen MR) is 117 cm³/mol. The summed E-state index contributed by atoms with van der Waals surface area (Å²) in [6, 6.07) is 16.9. The summed E-state index contributed by atoms with van der Waals surface area (Å²) in [5.41, 5.74) is 2.78. The van der Waals surface area contributed by atoms with Crippen molar-refractivity contribution in [3.8, 4) is 11.6 Å². The number of hydrogen-bond donors (Lipinski definition) is 2. The smallest absolute Gasteiger partial charge is 0.315 e. The van der Waals surface area contributed by atoms with Crippen molar-refractivity contribution in [1.29, 1.82) is 0 Å². The van der Waals surface area contributed by atoms with Crippen LogP contribution in [0.1, 0.15) is 29.7 Å². The zero-order valence-corrected chi connectivity index (χ0v) is 17.3. The van der Waals surface area contributed by atoms with E-state index in [0.717, 1.165) is 29.2 Å². The van der Waals surface area contributed by atoms with Gasteiger partial charge in [-0.3, -0.25) is 4.98 Å². The molecule has 0 saturated heterocycles. The Morgan fingerprint density at radius 2 is 1.68 bits per heavy atom. The Balaban J connectivity index is 1.14. The molecule has 7 heteroatoms. The molecule has 1 aliphatic rings. The summed E-state index contributed by atoms with van der Waals surface area (Å²) < 4.78 is 11.3. The number of nitrogens with zero attached hydrogens (tertiary/aromatic N) is 2. The average Bonchev–Trinajstić information content (AvgIpc) is 3.65. The van der Waals surface area contributed by atoms with Crippen LogP contribution in [-0.4, -0.2) is 22.6 Å². The molecular weight excluding hydrogens is 392 g/mol. The van der Waals surface area contributed by atoms with E-state index in [2.05, 4.69) is 20.6 Å². The molecule has 1 aliphatic carbocycles. The average molecular weight is 418 g/mol. The Kier molecular flexibility index (Phi) is 6.95. The second-order valence-electron chi connectivity index (χ2n) is 7.55. The van der Waals surface area contributed by atoms with E-state index in [-0.39, 0.29) is 6.03 Å². The molecule has 0 spiro atoms. The van der Waals surface area contributed by atoms with Crippen molar-refractivity contribution in [2.75, 3.05) is 6.61 Å². The quantitative estimate of drug-likeness (QED) is 0.522. The molecule has 1 aromatic carbocycles. The molecule has 0 atom stereocenters. The number of ether oxygens (including phenoxy) is 2. The molecule has 31 heavy (non-hydrogen) atoms. The van der Waals surface area contributed by atoms with Gasteiger partial charge in [0.1, 0.15) is 12.4 Å².